The summed E-state index contributed by atoms with van der Waals surface area (Å²) in [4.78, 5) is 28.8. The molecule has 12 heteroatoms. The van der Waals surface area contributed by atoms with E-state index in [4.69, 9.17) is 0 Å². The van der Waals surface area contributed by atoms with Gasteiger partial charge in [-0.3, -0.25) is 4.79 Å². The fraction of sp³-hybridized carbons (Fsp3) is 0.240. The molecular formula is C25H22KN7O3S. The van der Waals surface area contributed by atoms with Gasteiger partial charge < -0.3 is 9.90 Å². The second-order valence-electron chi connectivity index (χ2n) is 8.28. The Morgan fingerprint density at radius 3 is 2.49 bits per heavy atom. The number of nitrogens with zero attached hydrogens (tertiary/aromatic N) is 6. The third kappa shape index (κ3) is 6.11. The largest absolute Gasteiger partial charge is 1.00 e. The molecule has 5 rings (SSSR count). The number of hydrogen-bond acceptors (Lipinski definition) is 8. The topological polar surface area (TPSA) is 142 Å². The van der Waals surface area contributed by atoms with Crippen molar-refractivity contribution in [3.63, 3.8) is 0 Å². The first-order valence-electron chi connectivity index (χ1n) is 11.5. The Labute approximate surface area is 259 Å². The summed E-state index contributed by atoms with van der Waals surface area (Å²) in [7, 11) is 0. The first kappa shape index (κ1) is 27.4. The second kappa shape index (κ2) is 12.3. The summed E-state index contributed by atoms with van der Waals surface area (Å²) in [6.07, 6.45) is 2.06. The van der Waals surface area contributed by atoms with E-state index in [9.17, 15) is 14.7 Å². The van der Waals surface area contributed by atoms with E-state index in [0.29, 0.717) is 42.9 Å². The van der Waals surface area contributed by atoms with Gasteiger partial charge in [0.25, 0.3) is 5.91 Å². The molecule has 1 N–H and O–H groups in total. The molecule has 1 aliphatic rings. The molecule has 0 unspecified atom stereocenters. The maximum Gasteiger partial charge on any atom is 1.00 e. The zero-order chi connectivity index (χ0) is 25.1. The Kier molecular flexibility index (Phi) is 9.11. The number of aliphatic carboxylic acids is 1. The number of carboxylic acids is 1. The summed E-state index contributed by atoms with van der Waals surface area (Å²) in [5, 5.41) is 31.1. The molecule has 0 atom stereocenters. The van der Waals surface area contributed by atoms with Crippen molar-refractivity contribution in [3.05, 3.63) is 75.0 Å². The van der Waals surface area contributed by atoms with Crippen LogP contribution in [0.1, 0.15) is 36.8 Å². The van der Waals surface area contributed by atoms with E-state index in [1.807, 2.05) is 55.5 Å². The van der Waals surface area contributed by atoms with E-state index in [-0.39, 0.29) is 62.5 Å². The fourth-order valence-corrected chi connectivity index (χ4v) is 5.04. The molecule has 0 fully saturated rings. The Morgan fingerprint density at radius 2 is 1.81 bits per heavy atom. The summed E-state index contributed by atoms with van der Waals surface area (Å²) in [5.74, 6) is -1.30. The van der Waals surface area contributed by atoms with Gasteiger partial charge in [-0.25, -0.2) is 4.68 Å². The average Bonchev–Trinajstić information content (AvgIpc) is 3.66. The first-order valence-corrected chi connectivity index (χ1v) is 12.4. The molecule has 0 saturated heterocycles. The molecule has 182 valence electrons. The zero-order valence-corrected chi connectivity index (χ0v) is 24.4. The van der Waals surface area contributed by atoms with Crippen LogP contribution in [0.4, 0.5) is 0 Å². The number of tetrazole rings is 1. The molecule has 2 heterocycles. The molecule has 0 radical (unpaired) electrons. The van der Waals surface area contributed by atoms with Gasteiger partial charge in [-0.1, -0.05) is 66.8 Å². The van der Waals surface area contributed by atoms with Crippen LogP contribution in [0.5, 0.6) is 0 Å². The van der Waals surface area contributed by atoms with Crippen LogP contribution in [0.3, 0.4) is 0 Å². The maximum absolute atomic E-state index is 12.8. The van der Waals surface area contributed by atoms with Crippen LogP contribution in [0.25, 0.3) is 22.5 Å². The van der Waals surface area contributed by atoms with Crippen LogP contribution in [-0.4, -0.2) is 42.3 Å². The molecule has 0 spiro atoms. The third-order valence-corrected chi connectivity index (χ3v) is 7.09. The molecule has 2 aromatic carbocycles. The van der Waals surface area contributed by atoms with Crippen molar-refractivity contribution in [1.82, 2.24) is 30.4 Å². The van der Waals surface area contributed by atoms with Crippen molar-refractivity contribution in [3.8, 4) is 22.5 Å². The van der Waals surface area contributed by atoms with Gasteiger partial charge in [-0.15, -0.1) is 10.2 Å². The first-order chi connectivity index (χ1) is 17.5. The van der Waals surface area contributed by atoms with Gasteiger partial charge >= 0.3 is 51.4 Å². The Morgan fingerprint density at radius 1 is 1.08 bits per heavy atom. The van der Waals surface area contributed by atoms with Crippen LogP contribution in [-0.2, 0) is 22.6 Å². The molecule has 10 nitrogen and oxygen atoms in total. The van der Waals surface area contributed by atoms with E-state index < -0.39 is 11.9 Å². The molecule has 0 saturated carbocycles. The van der Waals surface area contributed by atoms with E-state index >= 15 is 0 Å². The van der Waals surface area contributed by atoms with Crippen molar-refractivity contribution in [2.45, 2.75) is 39.2 Å². The standard InChI is InChI=1S/C25H23N7O3S.K/c1-2-21-29-32(25(36-21)26-23(33)19-8-5-9-20(19)24(34)35)14-15-10-12-16(13-11-15)17-6-3-4-7-18(17)22-27-30-31-28-22;/h3-4,6-7,10-13H,2,5,8-9,14H2,1H3,(H,34,35)(H,27,28,30,31);/q;+1/p-1. The van der Waals surface area contributed by atoms with Gasteiger partial charge in [0.05, 0.1) is 12.5 Å². The smallest absolute Gasteiger partial charge is 0.545 e. The molecule has 0 bridgehead atoms. The number of nitrogens with one attached hydrogen (secondary N) is 1. The number of carboxylic acid groups (broad SMARTS) is 1. The van der Waals surface area contributed by atoms with Crippen LogP contribution in [0.2, 0.25) is 0 Å². The third-order valence-electron chi connectivity index (χ3n) is 5.99. The number of aryl methyl sites for hydroxylation is 1. The van der Waals surface area contributed by atoms with Gasteiger partial charge in [0.2, 0.25) is 10.6 Å². The van der Waals surface area contributed by atoms with Crippen molar-refractivity contribution < 1.29 is 66.1 Å². The predicted octanol–water partition coefficient (Wildman–Crippen LogP) is -0.936. The van der Waals surface area contributed by atoms with E-state index in [1.165, 1.54) is 11.3 Å². The summed E-state index contributed by atoms with van der Waals surface area (Å²) < 4.78 is 1.69. The fourth-order valence-electron chi connectivity index (χ4n) is 4.21. The van der Waals surface area contributed by atoms with Crippen molar-refractivity contribution in [2.75, 3.05) is 0 Å². The quantitative estimate of drug-likeness (QED) is 0.299. The van der Waals surface area contributed by atoms with Crippen LogP contribution in [0.15, 0.2) is 64.7 Å². The van der Waals surface area contributed by atoms with Gasteiger partial charge in [0.15, 0.2) is 0 Å². The van der Waals surface area contributed by atoms with Gasteiger partial charge in [-0.2, -0.15) is 15.3 Å². The van der Waals surface area contributed by atoms with E-state index in [0.717, 1.165) is 27.3 Å². The minimum Gasteiger partial charge on any atom is -0.545 e. The summed E-state index contributed by atoms with van der Waals surface area (Å²) in [5.41, 5.74) is 4.13. The van der Waals surface area contributed by atoms with Gasteiger partial charge in [0.1, 0.15) is 5.01 Å². The van der Waals surface area contributed by atoms with Crippen LogP contribution < -0.4 is 61.3 Å². The molecule has 37 heavy (non-hydrogen) atoms. The van der Waals surface area contributed by atoms with Crippen LogP contribution >= 0.6 is 11.3 Å². The number of amides is 1. The normalized spacial score (nSPS) is 13.6. The maximum atomic E-state index is 12.8. The summed E-state index contributed by atoms with van der Waals surface area (Å²) in [6.45, 7) is 2.40. The zero-order valence-electron chi connectivity index (χ0n) is 20.5. The summed E-state index contributed by atoms with van der Waals surface area (Å²) >= 11 is 1.33. The second-order valence-corrected chi connectivity index (χ2v) is 9.32. The number of carbonyl (C=O) groups is 2. The molecule has 1 amide bonds. The van der Waals surface area contributed by atoms with E-state index in [2.05, 4.69) is 30.7 Å². The number of aromatic nitrogens is 6. The number of hydrogen-bond donors (Lipinski definition) is 1. The Hall–Kier alpha value is -2.61. The summed E-state index contributed by atoms with van der Waals surface area (Å²) in [6, 6.07) is 15.9. The number of benzene rings is 2. The van der Waals surface area contributed by atoms with Crippen molar-refractivity contribution in [1.29, 1.82) is 0 Å². The predicted molar refractivity (Wildman–Crippen MR) is 130 cm³/mol. The minimum atomic E-state index is -1.29. The Bertz CT molecular complexity index is 1520. The molecule has 4 aromatic rings. The number of H-pyrrole nitrogens is 1. The number of rotatable bonds is 7. The minimum absolute atomic E-state index is 0. The number of carbonyl (C=O) groups excluding carboxylic acids is 2. The SMILES string of the molecule is CCc1nn(Cc2ccc(-c3ccccc3-c3nn[nH]n3)cc2)c(=NC(=O)C2=C(C(=O)[O-])CCC2)s1.[K+]. The molecule has 1 aliphatic carbocycles. The molecule has 2 aromatic heterocycles. The average molecular weight is 540 g/mol. The molecule has 0 aliphatic heterocycles. The van der Waals surface area contributed by atoms with Crippen LogP contribution in [0, 0.1) is 0 Å². The van der Waals surface area contributed by atoms with Crippen molar-refractivity contribution >= 4 is 23.2 Å². The Balaban J connectivity index is 0.00000320. The molecular weight excluding hydrogens is 517 g/mol. The van der Waals surface area contributed by atoms with Gasteiger partial charge in [-0.05, 0) is 53.2 Å². The van der Waals surface area contributed by atoms with E-state index in [1.54, 1.807) is 4.68 Å². The van der Waals surface area contributed by atoms with Crippen molar-refractivity contribution in [2.24, 2.45) is 4.99 Å². The van der Waals surface area contributed by atoms with Gasteiger partial charge in [0, 0.05) is 11.1 Å². The number of aromatic amines is 1. The monoisotopic (exact) mass is 539 g/mol.